The van der Waals surface area contributed by atoms with Crippen LogP contribution in [0.5, 0.6) is 0 Å². The van der Waals surface area contributed by atoms with Crippen molar-refractivity contribution in [2.45, 2.75) is 18.4 Å². The Balaban J connectivity index is 1.17. The van der Waals surface area contributed by atoms with E-state index < -0.39 is 5.97 Å². The van der Waals surface area contributed by atoms with Crippen molar-refractivity contribution in [1.82, 2.24) is 0 Å². The standard InChI is InChI=1S/C29H32ClN3O3/c1-36-29(23-4-6-24(30)7-5-23)14-16-31(17-15-29)26-10-12-27(13-11-26)33-20-18-32(19-21-33)25-8-2-22(3-9-25)28(34)35/h2-13H,14-21H2,1H3,(H,34,35). The van der Waals surface area contributed by atoms with Crippen molar-refractivity contribution in [3.8, 4) is 0 Å². The van der Waals surface area contributed by atoms with Gasteiger partial charge in [-0.2, -0.15) is 0 Å². The van der Waals surface area contributed by atoms with Gasteiger partial charge in [-0.25, -0.2) is 4.79 Å². The molecule has 5 rings (SSSR count). The van der Waals surface area contributed by atoms with E-state index in [-0.39, 0.29) is 5.60 Å². The van der Waals surface area contributed by atoms with Gasteiger partial charge in [0.15, 0.2) is 0 Å². The van der Waals surface area contributed by atoms with Crippen LogP contribution in [0.15, 0.2) is 72.8 Å². The third-order valence-electron chi connectivity index (χ3n) is 7.67. The fourth-order valence-corrected chi connectivity index (χ4v) is 5.53. The molecule has 2 aliphatic rings. The maximum atomic E-state index is 11.1. The highest BCUT2D eigenvalue weighted by molar-refractivity contribution is 6.30. The quantitative estimate of drug-likeness (QED) is 0.477. The summed E-state index contributed by atoms with van der Waals surface area (Å²) in [7, 11) is 1.81. The summed E-state index contributed by atoms with van der Waals surface area (Å²) in [5, 5.41) is 9.86. The molecule has 0 aromatic heterocycles. The lowest BCUT2D eigenvalue weighted by atomic mass is 9.84. The number of piperazine rings is 1. The minimum Gasteiger partial charge on any atom is -0.478 e. The third kappa shape index (κ3) is 5.01. The number of carbonyl (C=O) groups is 1. The first-order chi connectivity index (χ1) is 17.5. The number of halogens is 1. The van der Waals surface area contributed by atoms with Gasteiger partial charge in [-0.1, -0.05) is 23.7 Å². The molecule has 0 atom stereocenters. The van der Waals surface area contributed by atoms with Crippen molar-refractivity contribution < 1.29 is 14.6 Å². The van der Waals surface area contributed by atoms with Gasteiger partial charge in [0.1, 0.15) is 0 Å². The number of hydrogen-bond acceptors (Lipinski definition) is 5. The maximum Gasteiger partial charge on any atom is 0.335 e. The molecule has 2 fully saturated rings. The van der Waals surface area contributed by atoms with E-state index in [9.17, 15) is 4.79 Å². The van der Waals surface area contributed by atoms with Crippen molar-refractivity contribution in [3.63, 3.8) is 0 Å². The van der Waals surface area contributed by atoms with Gasteiger partial charge in [0.2, 0.25) is 0 Å². The molecule has 3 aromatic rings. The number of methoxy groups -OCH3 is 1. The Kier molecular flexibility index (Phi) is 7.08. The highest BCUT2D eigenvalue weighted by atomic mass is 35.5. The van der Waals surface area contributed by atoms with Gasteiger partial charge in [-0.15, -0.1) is 0 Å². The van der Waals surface area contributed by atoms with Crippen LogP contribution in [0, 0.1) is 0 Å². The Labute approximate surface area is 217 Å². The summed E-state index contributed by atoms with van der Waals surface area (Å²) < 4.78 is 6.04. The van der Waals surface area contributed by atoms with Crippen LogP contribution >= 0.6 is 11.6 Å². The zero-order valence-corrected chi connectivity index (χ0v) is 21.3. The number of rotatable bonds is 6. The number of hydrogen-bond donors (Lipinski definition) is 1. The van der Waals surface area contributed by atoms with E-state index in [0.29, 0.717) is 5.56 Å². The molecule has 0 aliphatic carbocycles. The van der Waals surface area contributed by atoms with Crippen LogP contribution in [-0.2, 0) is 10.3 Å². The van der Waals surface area contributed by atoms with Crippen molar-refractivity contribution >= 4 is 34.6 Å². The second-order valence-corrected chi connectivity index (χ2v) is 9.97. The molecule has 36 heavy (non-hydrogen) atoms. The van der Waals surface area contributed by atoms with Gasteiger partial charge in [-0.3, -0.25) is 0 Å². The summed E-state index contributed by atoms with van der Waals surface area (Å²) in [5.74, 6) is -0.890. The molecular formula is C29H32ClN3O3. The highest BCUT2D eigenvalue weighted by Gasteiger charge is 2.36. The average Bonchev–Trinajstić information content (AvgIpc) is 2.94. The number of anilines is 3. The van der Waals surface area contributed by atoms with Crippen LogP contribution < -0.4 is 14.7 Å². The number of carboxylic acid groups (broad SMARTS) is 1. The molecule has 2 saturated heterocycles. The van der Waals surface area contributed by atoms with Crippen molar-refractivity contribution in [3.05, 3.63) is 88.9 Å². The lowest BCUT2D eigenvalue weighted by molar-refractivity contribution is -0.0346. The fourth-order valence-electron chi connectivity index (χ4n) is 5.40. The van der Waals surface area contributed by atoms with Gasteiger partial charge < -0.3 is 24.5 Å². The molecule has 2 aliphatic heterocycles. The molecule has 0 bridgehead atoms. The van der Waals surface area contributed by atoms with Gasteiger partial charge in [0, 0.05) is 68.5 Å². The van der Waals surface area contributed by atoms with Crippen molar-refractivity contribution in [2.24, 2.45) is 0 Å². The maximum absolute atomic E-state index is 11.1. The minimum absolute atomic E-state index is 0.255. The Hall–Kier alpha value is -3.22. The third-order valence-corrected chi connectivity index (χ3v) is 7.92. The van der Waals surface area contributed by atoms with Crippen LogP contribution in [0.4, 0.5) is 17.1 Å². The average molecular weight is 506 g/mol. The van der Waals surface area contributed by atoms with Crippen LogP contribution in [-0.4, -0.2) is 57.5 Å². The highest BCUT2D eigenvalue weighted by Crippen LogP contribution is 2.38. The predicted molar refractivity (Wildman–Crippen MR) is 146 cm³/mol. The number of nitrogens with zero attached hydrogens (tertiary/aromatic N) is 3. The summed E-state index contributed by atoms with van der Waals surface area (Å²) >= 11 is 6.09. The summed E-state index contributed by atoms with van der Waals surface area (Å²) in [5.41, 5.74) is 4.83. The Morgan fingerprint density at radius 1 is 0.722 bits per heavy atom. The molecular weight excluding hydrogens is 474 g/mol. The lowest BCUT2D eigenvalue weighted by Gasteiger charge is -2.42. The van der Waals surface area contributed by atoms with Crippen LogP contribution in [0.3, 0.4) is 0 Å². The van der Waals surface area contributed by atoms with E-state index in [2.05, 4.69) is 51.1 Å². The predicted octanol–water partition coefficient (Wildman–Crippen LogP) is 5.51. The number of benzene rings is 3. The molecule has 0 amide bonds. The topological polar surface area (TPSA) is 56.2 Å². The fraction of sp³-hybridized carbons (Fsp3) is 0.345. The molecule has 6 nitrogen and oxygen atoms in total. The van der Waals surface area contributed by atoms with Gasteiger partial charge in [0.25, 0.3) is 0 Å². The number of piperidine rings is 1. The van der Waals surface area contributed by atoms with Gasteiger partial charge in [0.05, 0.1) is 11.2 Å². The summed E-state index contributed by atoms with van der Waals surface area (Å²) in [6.07, 6.45) is 1.87. The molecule has 0 saturated carbocycles. The van der Waals surface area contributed by atoms with Crippen LogP contribution in [0.1, 0.15) is 28.8 Å². The molecule has 2 heterocycles. The number of ether oxygens (including phenoxy) is 1. The zero-order chi connectivity index (χ0) is 25.1. The normalized spacial score (nSPS) is 17.8. The lowest BCUT2D eigenvalue weighted by Crippen LogP contribution is -2.46. The largest absolute Gasteiger partial charge is 0.478 e. The first kappa shape index (κ1) is 24.5. The molecule has 0 radical (unpaired) electrons. The molecule has 188 valence electrons. The Morgan fingerprint density at radius 3 is 1.56 bits per heavy atom. The Bertz CT molecular complexity index is 1170. The van der Waals surface area contributed by atoms with Crippen molar-refractivity contribution in [1.29, 1.82) is 0 Å². The Morgan fingerprint density at radius 2 is 1.14 bits per heavy atom. The number of carboxylic acids is 1. The summed E-state index contributed by atoms with van der Waals surface area (Å²) in [6.45, 7) is 5.56. The minimum atomic E-state index is -0.890. The first-order valence-electron chi connectivity index (χ1n) is 12.5. The first-order valence-corrected chi connectivity index (χ1v) is 12.8. The van der Waals surface area contributed by atoms with Gasteiger partial charge in [-0.05, 0) is 79.1 Å². The zero-order valence-electron chi connectivity index (χ0n) is 20.6. The smallest absolute Gasteiger partial charge is 0.335 e. The van der Waals surface area contributed by atoms with Crippen LogP contribution in [0.25, 0.3) is 0 Å². The van der Waals surface area contributed by atoms with E-state index in [1.807, 2.05) is 31.4 Å². The van der Waals surface area contributed by atoms with E-state index >= 15 is 0 Å². The van der Waals surface area contributed by atoms with E-state index in [0.717, 1.165) is 62.8 Å². The number of aromatic carboxylic acids is 1. The second kappa shape index (κ2) is 10.4. The second-order valence-electron chi connectivity index (χ2n) is 9.53. The summed E-state index contributed by atoms with van der Waals surface area (Å²) in [6, 6.07) is 24.1. The molecule has 0 unspecified atom stereocenters. The SMILES string of the molecule is COC1(c2ccc(Cl)cc2)CCN(c2ccc(N3CCN(c4ccc(C(=O)O)cc4)CC3)cc2)CC1. The summed E-state index contributed by atoms with van der Waals surface area (Å²) in [4.78, 5) is 18.3. The van der Waals surface area contributed by atoms with E-state index in [4.69, 9.17) is 21.4 Å². The molecule has 1 N–H and O–H groups in total. The van der Waals surface area contributed by atoms with Crippen LogP contribution in [0.2, 0.25) is 5.02 Å². The molecule has 0 spiro atoms. The monoisotopic (exact) mass is 505 g/mol. The molecule has 7 heteroatoms. The van der Waals surface area contributed by atoms with E-state index in [1.54, 1.807) is 12.1 Å². The van der Waals surface area contributed by atoms with E-state index in [1.165, 1.54) is 16.9 Å². The van der Waals surface area contributed by atoms with Gasteiger partial charge >= 0.3 is 5.97 Å². The molecule has 3 aromatic carbocycles. The van der Waals surface area contributed by atoms with Crippen molar-refractivity contribution in [2.75, 3.05) is 61.1 Å².